The van der Waals surface area contributed by atoms with Gasteiger partial charge in [0.2, 0.25) is 41.4 Å². The number of aliphatic hydroxyl groups is 7. The molecule has 0 bridgehead atoms. The van der Waals surface area contributed by atoms with Crippen LogP contribution in [0.2, 0.25) is 0 Å². The van der Waals surface area contributed by atoms with E-state index in [1.807, 2.05) is 0 Å². The van der Waals surface area contributed by atoms with Crippen LogP contribution in [0.15, 0.2) is 24.3 Å². The van der Waals surface area contributed by atoms with E-state index < -0.39 is 145 Å². The number of nitrogens with one attached hydrogen (secondary N) is 5. The minimum absolute atomic E-state index is 0.0164. The second kappa shape index (κ2) is 29.6. The van der Waals surface area contributed by atoms with Crippen LogP contribution in [0.3, 0.4) is 0 Å². The Morgan fingerprint density at radius 2 is 1.35 bits per heavy atom. The van der Waals surface area contributed by atoms with Crippen molar-refractivity contribution < 1.29 is 74.4 Å². The molecule has 3 aliphatic heterocycles. The van der Waals surface area contributed by atoms with Gasteiger partial charge >= 0.3 is 0 Å². The molecule has 3 aliphatic rings. The first-order valence-electron chi connectivity index (χ1n) is 26.0. The van der Waals surface area contributed by atoms with E-state index in [0.717, 1.165) is 61.7 Å². The summed E-state index contributed by atoms with van der Waals surface area (Å²) < 4.78 is 0. The Hall–Kier alpha value is -4.66. The molecule has 418 valence electrons. The summed E-state index contributed by atoms with van der Waals surface area (Å²) >= 11 is 4.36. The maximum atomic E-state index is 14.4. The molecule has 0 spiro atoms. The first kappa shape index (κ1) is 61.9. The van der Waals surface area contributed by atoms with E-state index in [0.29, 0.717) is 18.3 Å². The van der Waals surface area contributed by atoms with Gasteiger partial charge in [0.1, 0.15) is 54.2 Å². The molecule has 0 radical (unpaired) electrons. The third-order valence-electron chi connectivity index (χ3n) is 14.4. The lowest BCUT2D eigenvalue weighted by Gasteiger charge is -2.34. The first-order chi connectivity index (χ1) is 35.0. The van der Waals surface area contributed by atoms with Crippen LogP contribution in [0.5, 0.6) is 5.75 Å². The fourth-order valence-corrected chi connectivity index (χ4v) is 10.1. The highest BCUT2D eigenvalue weighted by atomic mass is 32.1. The van der Waals surface area contributed by atoms with Crippen LogP contribution < -0.4 is 32.3 Å². The molecule has 1 unspecified atom stereocenters. The smallest absolute Gasteiger partial charge is 0.248 e. The highest BCUT2D eigenvalue weighted by Gasteiger charge is 2.48. The number of fused-ring (bicyclic) bond motifs is 2. The van der Waals surface area contributed by atoms with Gasteiger partial charge in [-0.3, -0.25) is 33.6 Å². The van der Waals surface area contributed by atoms with Gasteiger partial charge in [-0.2, -0.15) is 12.6 Å². The molecule has 23 nitrogen and oxygen atoms in total. The topological polar surface area (TPSA) is 374 Å². The SMILES string of the molecule is CC[C@H](C)C[C@H](C)CCCCCCCCC(=O)N[C@H]1C[C@@H](O)C(S)NC(=O)[C@@H]2[C@@H](O)CCN2C(=O)[C@H]([C@H](O)CCN)NC(=O)[C@H]([C@H](O)[C@@H](O)c2ccc(O)cc2)NC(=O)[C@@H]2C[C@@H](O)CN2C(=O)[C@H]([C@@H](C)O)NC1=O. The predicted molar refractivity (Wildman–Crippen MR) is 272 cm³/mol. The summed E-state index contributed by atoms with van der Waals surface area (Å²) in [5, 5.41) is 98.9. The number of nitrogens with zero attached hydrogens (tertiary/aromatic N) is 2. The molecule has 3 saturated heterocycles. The minimum atomic E-state index is -2.27. The Kier molecular flexibility index (Phi) is 24.7. The summed E-state index contributed by atoms with van der Waals surface area (Å²) in [6.07, 6.45) is -5.28. The van der Waals surface area contributed by atoms with Gasteiger partial charge in [-0.1, -0.05) is 77.8 Å². The number of aliphatic hydroxyl groups excluding tert-OH is 7. The molecule has 0 saturated carbocycles. The third-order valence-corrected chi connectivity index (χ3v) is 14.8. The number of nitrogens with two attached hydrogens (primary N) is 1. The Balaban J connectivity index is 1.68. The molecular formula is C50H82N8O15S. The Labute approximate surface area is 438 Å². The van der Waals surface area contributed by atoms with E-state index in [-0.39, 0.29) is 43.7 Å². The number of hydrogen-bond donors (Lipinski definition) is 15. The van der Waals surface area contributed by atoms with Gasteiger partial charge in [0.25, 0.3) is 0 Å². The highest BCUT2D eigenvalue weighted by molar-refractivity contribution is 7.81. The zero-order chi connectivity index (χ0) is 55.0. The molecule has 24 heteroatoms. The molecule has 7 amide bonds. The first-order valence-corrected chi connectivity index (χ1v) is 26.6. The molecular weight excluding hydrogens is 985 g/mol. The van der Waals surface area contributed by atoms with Crippen LogP contribution in [-0.2, 0) is 33.6 Å². The van der Waals surface area contributed by atoms with Crippen molar-refractivity contribution >= 4 is 54.0 Å². The van der Waals surface area contributed by atoms with Crippen LogP contribution in [-0.4, -0.2) is 190 Å². The van der Waals surface area contributed by atoms with Crippen LogP contribution in [0.25, 0.3) is 0 Å². The van der Waals surface area contributed by atoms with Gasteiger partial charge in [-0.15, -0.1) is 0 Å². The molecule has 4 rings (SSSR count). The van der Waals surface area contributed by atoms with Crippen molar-refractivity contribution in [2.45, 2.75) is 202 Å². The van der Waals surface area contributed by atoms with Crippen LogP contribution in [0.1, 0.15) is 129 Å². The van der Waals surface area contributed by atoms with Gasteiger partial charge in [0.05, 0.1) is 35.9 Å². The van der Waals surface area contributed by atoms with E-state index in [1.165, 1.54) is 30.7 Å². The number of rotatable bonds is 20. The summed E-state index contributed by atoms with van der Waals surface area (Å²) in [6, 6.07) is -6.31. The number of carbonyl (C=O) groups excluding carboxylic acids is 7. The molecule has 16 atom stereocenters. The van der Waals surface area contributed by atoms with Gasteiger partial charge in [-0.25, -0.2) is 0 Å². The molecule has 0 aliphatic carbocycles. The van der Waals surface area contributed by atoms with Crippen molar-refractivity contribution in [1.82, 2.24) is 36.4 Å². The Bertz CT molecular complexity index is 2020. The minimum Gasteiger partial charge on any atom is -0.508 e. The van der Waals surface area contributed by atoms with Crippen molar-refractivity contribution in [1.29, 1.82) is 0 Å². The number of phenolic OH excluding ortho intramolecular Hbond substituents is 1. The number of hydrogen-bond acceptors (Lipinski definition) is 17. The second-order valence-corrected chi connectivity index (χ2v) is 21.0. The number of benzene rings is 1. The van der Waals surface area contributed by atoms with Gasteiger partial charge in [0, 0.05) is 32.4 Å². The normalized spacial score (nSPS) is 29.3. The van der Waals surface area contributed by atoms with E-state index >= 15 is 0 Å². The van der Waals surface area contributed by atoms with Gasteiger partial charge in [0.15, 0.2) is 0 Å². The lowest BCUT2D eigenvalue weighted by molar-refractivity contribution is -0.148. The lowest BCUT2D eigenvalue weighted by atomic mass is 9.91. The average molecular weight is 1070 g/mol. The maximum absolute atomic E-state index is 14.4. The van der Waals surface area contributed by atoms with Gasteiger partial charge < -0.3 is 83.0 Å². The molecule has 1 aromatic carbocycles. The lowest BCUT2D eigenvalue weighted by Crippen LogP contribution is -2.64. The van der Waals surface area contributed by atoms with E-state index in [1.54, 1.807) is 0 Å². The number of amides is 7. The summed E-state index contributed by atoms with van der Waals surface area (Å²) in [5.74, 6) is -6.41. The van der Waals surface area contributed by atoms with Crippen molar-refractivity contribution in [3.8, 4) is 5.75 Å². The predicted octanol–water partition coefficient (Wildman–Crippen LogP) is -1.93. The number of phenols is 1. The zero-order valence-corrected chi connectivity index (χ0v) is 43.8. The fourth-order valence-electron chi connectivity index (χ4n) is 9.81. The number of unbranched alkanes of at least 4 members (excludes halogenated alkanes) is 5. The van der Waals surface area contributed by atoms with E-state index in [9.17, 15) is 74.4 Å². The quantitative estimate of drug-likeness (QED) is 0.0500. The largest absolute Gasteiger partial charge is 0.508 e. The average Bonchev–Trinajstić information content (AvgIpc) is 3.95. The molecule has 74 heavy (non-hydrogen) atoms. The molecule has 0 aromatic heterocycles. The highest BCUT2D eigenvalue weighted by Crippen LogP contribution is 2.27. The number of aromatic hydroxyl groups is 1. The van der Waals surface area contributed by atoms with Crippen molar-refractivity contribution in [3.63, 3.8) is 0 Å². The second-order valence-electron chi connectivity index (χ2n) is 20.5. The summed E-state index contributed by atoms with van der Waals surface area (Å²) in [4.78, 5) is 101. The zero-order valence-electron chi connectivity index (χ0n) is 42.9. The molecule has 15 N–H and O–H groups in total. The monoisotopic (exact) mass is 1070 g/mol. The van der Waals surface area contributed by atoms with E-state index in [4.69, 9.17) is 5.73 Å². The van der Waals surface area contributed by atoms with Crippen molar-refractivity contribution in [3.05, 3.63) is 29.8 Å². The van der Waals surface area contributed by atoms with E-state index in [2.05, 4.69) is 60.0 Å². The molecule has 1 aromatic rings. The number of thiol groups is 1. The summed E-state index contributed by atoms with van der Waals surface area (Å²) in [7, 11) is 0. The van der Waals surface area contributed by atoms with Crippen molar-refractivity contribution in [2.75, 3.05) is 19.6 Å². The summed E-state index contributed by atoms with van der Waals surface area (Å²) in [5.41, 5.74) is 5.66. The van der Waals surface area contributed by atoms with Crippen LogP contribution in [0, 0.1) is 11.8 Å². The maximum Gasteiger partial charge on any atom is 0.248 e. The third kappa shape index (κ3) is 17.4. The standard InChI is InChI=1S/C50H82N8O15S/c1-5-26(2)22-27(3)12-10-8-6-7-9-11-13-37(65)52-32-24-36(64)48(74)56-47(71)41-35(63)19-21-57(41)50(73)39(34(62)18-20-51)54-46(70)40(43(67)42(66)29-14-16-30(60)17-15-29)55-45(69)33-23-31(61)25-58(33)49(72)38(28(4)59)53-44(32)68/h14-17,26-28,31-36,38-43,48,59-64,66-67,74H,5-13,18-25,51H2,1-4H3,(H,52,65)(H,53,68)(H,54,70)(H,55,69)(H,56,71)/t26-,27+,28+,31+,32-,33-,34+,35-,36+,38-,39-,40-,41-,42-,43-,48?/m0/s1. The van der Waals surface area contributed by atoms with Crippen LogP contribution in [0.4, 0.5) is 0 Å². The van der Waals surface area contributed by atoms with Crippen LogP contribution >= 0.6 is 12.6 Å². The Morgan fingerprint density at radius 3 is 1.99 bits per heavy atom. The number of carbonyl (C=O) groups is 7. The molecule has 3 fully saturated rings. The summed E-state index contributed by atoms with van der Waals surface area (Å²) in [6.45, 7) is 6.83. The fraction of sp³-hybridized carbons (Fsp3) is 0.740. The van der Waals surface area contributed by atoms with Crippen molar-refractivity contribution in [2.24, 2.45) is 17.6 Å². The molecule has 3 heterocycles. The Morgan fingerprint density at radius 1 is 0.743 bits per heavy atom. The van der Waals surface area contributed by atoms with Gasteiger partial charge in [-0.05, 0) is 68.7 Å².